The lowest BCUT2D eigenvalue weighted by Gasteiger charge is -2.25. The summed E-state index contributed by atoms with van der Waals surface area (Å²) in [6.45, 7) is 3.29. The van der Waals surface area contributed by atoms with Crippen molar-refractivity contribution in [1.29, 1.82) is 0 Å². The Labute approximate surface area is 144 Å². The van der Waals surface area contributed by atoms with Crippen LogP contribution in [0.1, 0.15) is 32.3 Å². The van der Waals surface area contributed by atoms with Gasteiger partial charge in [0.1, 0.15) is 0 Å². The van der Waals surface area contributed by atoms with E-state index in [0.29, 0.717) is 16.5 Å². The molecule has 1 heterocycles. The summed E-state index contributed by atoms with van der Waals surface area (Å²) >= 11 is 12.0. The molecule has 0 spiro atoms. The molecule has 5 nitrogen and oxygen atoms in total. The van der Waals surface area contributed by atoms with Crippen molar-refractivity contribution in [3.63, 3.8) is 0 Å². The first-order valence-corrected chi connectivity index (χ1v) is 7.81. The molecule has 0 radical (unpaired) electrons. The van der Waals surface area contributed by atoms with Gasteiger partial charge in [-0.1, -0.05) is 23.2 Å². The number of nitrogens with one attached hydrogen (secondary N) is 1. The highest BCUT2D eigenvalue weighted by Gasteiger charge is 2.40. The van der Waals surface area contributed by atoms with Crippen LogP contribution in [0.15, 0.2) is 24.5 Å². The predicted octanol–water partition coefficient (Wildman–Crippen LogP) is 3.49. The highest BCUT2D eigenvalue weighted by atomic mass is 35.5. The molecule has 0 saturated carbocycles. The van der Waals surface area contributed by atoms with Crippen LogP contribution in [-0.4, -0.2) is 28.6 Å². The Kier molecular flexibility index (Phi) is 5.22. The maximum atomic E-state index is 12.4. The van der Waals surface area contributed by atoms with Crippen LogP contribution in [0, 0.1) is 0 Å². The quantitative estimate of drug-likeness (QED) is 0.845. The Bertz CT molecular complexity index is 654. The van der Waals surface area contributed by atoms with Gasteiger partial charge in [-0.25, -0.2) is 0 Å². The second-order valence-electron chi connectivity index (χ2n) is 5.80. The minimum Gasteiger partial charge on any atom is -0.485 e. The lowest BCUT2D eigenvalue weighted by molar-refractivity contribution is -0.139. The van der Waals surface area contributed by atoms with Crippen LogP contribution in [0.2, 0.25) is 10.0 Å². The van der Waals surface area contributed by atoms with E-state index in [2.05, 4.69) is 5.32 Å². The van der Waals surface area contributed by atoms with E-state index in [0.717, 1.165) is 11.1 Å². The lowest BCUT2D eigenvalue weighted by atomic mass is 9.94. The summed E-state index contributed by atoms with van der Waals surface area (Å²) in [5, 5.41) is 12.4. The van der Waals surface area contributed by atoms with Crippen LogP contribution < -0.4 is 5.32 Å². The summed E-state index contributed by atoms with van der Waals surface area (Å²) in [5.74, 6) is -1.33. The topological polar surface area (TPSA) is 75.6 Å². The fourth-order valence-electron chi connectivity index (χ4n) is 2.38. The Hall–Kier alpha value is -1.72. The van der Waals surface area contributed by atoms with E-state index in [1.165, 1.54) is 6.26 Å². The average molecular weight is 358 g/mol. The first-order chi connectivity index (χ1) is 10.7. The van der Waals surface area contributed by atoms with Crippen LogP contribution in [0.5, 0.6) is 0 Å². The van der Waals surface area contributed by atoms with E-state index in [4.69, 9.17) is 33.0 Å². The number of ether oxygens (including phenoxy) is 1. The lowest BCUT2D eigenvalue weighted by Crippen LogP contribution is -2.48. The van der Waals surface area contributed by atoms with Crippen molar-refractivity contribution in [1.82, 2.24) is 5.32 Å². The van der Waals surface area contributed by atoms with E-state index in [1.807, 2.05) is 0 Å². The van der Waals surface area contributed by atoms with Gasteiger partial charge < -0.3 is 15.2 Å². The van der Waals surface area contributed by atoms with Crippen LogP contribution >= 0.6 is 23.2 Å². The van der Waals surface area contributed by atoms with Crippen molar-refractivity contribution in [3.8, 4) is 0 Å². The predicted molar refractivity (Wildman–Crippen MR) is 88.4 cm³/mol. The van der Waals surface area contributed by atoms with Gasteiger partial charge >= 0.3 is 5.97 Å². The van der Waals surface area contributed by atoms with E-state index < -0.39 is 17.6 Å². The normalized spacial score (nSPS) is 21.3. The van der Waals surface area contributed by atoms with Gasteiger partial charge in [-0.05, 0) is 43.2 Å². The molecule has 1 aliphatic rings. The van der Waals surface area contributed by atoms with Gasteiger partial charge in [0.05, 0.1) is 12.7 Å². The standard InChI is InChI=1S/C16H17Cl2NO4/c1-9(3-14(20)21)19-15(22)16(2)7-11(8-23-16)10-4-12(17)6-13(18)5-10/h4-6,8-9H,3,7H2,1-2H3,(H,19,22)(H,20,21). The minimum absolute atomic E-state index is 0.147. The SMILES string of the molecule is CC(CC(=O)O)NC(=O)C1(C)CC(c2cc(Cl)cc(Cl)c2)=CO1. The maximum Gasteiger partial charge on any atom is 0.305 e. The highest BCUT2D eigenvalue weighted by molar-refractivity contribution is 6.34. The second-order valence-corrected chi connectivity index (χ2v) is 6.67. The summed E-state index contributed by atoms with van der Waals surface area (Å²) in [5.41, 5.74) is 0.507. The highest BCUT2D eigenvalue weighted by Crippen LogP contribution is 2.36. The van der Waals surface area contributed by atoms with Gasteiger partial charge in [0.15, 0.2) is 5.60 Å². The fourth-order valence-corrected chi connectivity index (χ4v) is 2.91. The number of aliphatic carboxylic acids is 1. The summed E-state index contributed by atoms with van der Waals surface area (Å²) in [7, 11) is 0. The van der Waals surface area contributed by atoms with Crippen LogP contribution in [-0.2, 0) is 14.3 Å². The largest absolute Gasteiger partial charge is 0.485 e. The van der Waals surface area contributed by atoms with Crippen molar-refractivity contribution in [2.24, 2.45) is 0 Å². The Morgan fingerprint density at radius 2 is 1.96 bits per heavy atom. The molecule has 0 fully saturated rings. The zero-order valence-corrected chi connectivity index (χ0v) is 14.2. The number of carbonyl (C=O) groups excluding carboxylic acids is 1. The number of benzene rings is 1. The van der Waals surface area contributed by atoms with Crippen molar-refractivity contribution in [3.05, 3.63) is 40.1 Å². The molecule has 124 valence electrons. The molecule has 0 aliphatic carbocycles. The zero-order chi connectivity index (χ0) is 17.2. The molecule has 2 N–H and O–H groups in total. The third-order valence-electron chi connectivity index (χ3n) is 3.56. The molecule has 0 saturated heterocycles. The van der Waals surface area contributed by atoms with E-state index in [-0.39, 0.29) is 12.3 Å². The molecule has 7 heteroatoms. The van der Waals surface area contributed by atoms with Crippen molar-refractivity contribution >= 4 is 40.7 Å². The van der Waals surface area contributed by atoms with Gasteiger partial charge in [0, 0.05) is 22.5 Å². The smallest absolute Gasteiger partial charge is 0.305 e. The van der Waals surface area contributed by atoms with E-state index >= 15 is 0 Å². The molecule has 1 aromatic rings. The monoisotopic (exact) mass is 357 g/mol. The van der Waals surface area contributed by atoms with Crippen LogP contribution in [0.25, 0.3) is 5.57 Å². The Morgan fingerprint density at radius 3 is 2.52 bits per heavy atom. The third kappa shape index (κ3) is 4.39. The molecule has 2 atom stereocenters. The van der Waals surface area contributed by atoms with Gasteiger partial charge in [-0.3, -0.25) is 9.59 Å². The Balaban J connectivity index is 2.06. The van der Waals surface area contributed by atoms with Gasteiger partial charge in [0.2, 0.25) is 0 Å². The molecule has 23 heavy (non-hydrogen) atoms. The van der Waals surface area contributed by atoms with Crippen molar-refractivity contribution in [2.45, 2.75) is 38.3 Å². The molecule has 1 aliphatic heterocycles. The van der Waals surface area contributed by atoms with Gasteiger partial charge in [-0.15, -0.1) is 0 Å². The molecule has 2 unspecified atom stereocenters. The molecular weight excluding hydrogens is 341 g/mol. The maximum absolute atomic E-state index is 12.4. The first kappa shape index (κ1) is 17.6. The zero-order valence-electron chi connectivity index (χ0n) is 12.7. The number of carboxylic acids is 1. The number of carbonyl (C=O) groups is 2. The Morgan fingerprint density at radius 1 is 1.35 bits per heavy atom. The summed E-state index contributed by atoms with van der Waals surface area (Å²) in [6, 6.07) is 4.64. The summed E-state index contributed by atoms with van der Waals surface area (Å²) in [6.07, 6.45) is 1.71. The van der Waals surface area contributed by atoms with E-state index in [9.17, 15) is 9.59 Å². The molecular formula is C16H17Cl2NO4. The van der Waals surface area contributed by atoms with Crippen LogP contribution in [0.3, 0.4) is 0 Å². The number of halogens is 2. The van der Waals surface area contributed by atoms with E-state index in [1.54, 1.807) is 32.0 Å². The molecule has 0 bridgehead atoms. The van der Waals surface area contributed by atoms with Gasteiger partial charge in [0.25, 0.3) is 5.91 Å². The average Bonchev–Trinajstić information content (AvgIpc) is 2.80. The summed E-state index contributed by atoms with van der Waals surface area (Å²) in [4.78, 5) is 23.0. The number of amides is 1. The third-order valence-corrected chi connectivity index (χ3v) is 4.00. The number of hydrogen-bond donors (Lipinski definition) is 2. The summed E-state index contributed by atoms with van der Waals surface area (Å²) < 4.78 is 5.55. The first-order valence-electron chi connectivity index (χ1n) is 7.06. The number of hydrogen-bond acceptors (Lipinski definition) is 3. The molecule has 1 amide bonds. The van der Waals surface area contributed by atoms with Gasteiger partial charge in [-0.2, -0.15) is 0 Å². The second kappa shape index (κ2) is 6.81. The number of carboxylic acid groups (broad SMARTS) is 1. The van der Waals surface area contributed by atoms with Crippen LogP contribution in [0.4, 0.5) is 0 Å². The molecule has 0 aromatic heterocycles. The minimum atomic E-state index is -1.09. The fraction of sp³-hybridized carbons (Fsp3) is 0.375. The van der Waals surface area contributed by atoms with Crippen molar-refractivity contribution in [2.75, 3.05) is 0 Å². The van der Waals surface area contributed by atoms with Crippen molar-refractivity contribution < 1.29 is 19.4 Å². The molecule has 2 rings (SSSR count). The number of rotatable bonds is 5. The molecule has 1 aromatic carbocycles.